The fraction of sp³-hybridized carbons (Fsp3) is 0.440. The molecule has 184 valence electrons. The highest BCUT2D eigenvalue weighted by molar-refractivity contribution is 7.99. The van der Waals surface area contributed by atoms with Crippen molar-refractivity contribution in [3.8, 4) is 5.88 Å². The van der Waals surface area contributed by atoms with Crippen molar-refractivity contribution in [2.75, 3.05) is 11.5 Å². The lowest BCUT2D eigenvalue weighted by Gasteiger charge is -2.30. The van der Waals surface area contributed by atoms with Crippen LogP contribution in [-0.2, 0) is 0 Å². The zero-order valence-electron chi connectivity index (χ0n) is 19.3. The molecule has 0 spiro atoms. The summed E-state index contributed by atoms with van der Waals surface area (Å²) in [6.07, 6.45) is 7.44. The number of hydrogen-bond donors (Lipinski definition) is 3. The molecule has 1 saturated carbocycles. The molecular formula is C25H28FN5O3S. The first kappa shape index (κ1) is 23.6. The Morgan fingerprint density at radius 3 is 2.37 bits per heavy atom. The molecule has 2 amide bonds. The molecule has 2 fully saturated rings. The van der Waals surface area contributed by atoms with Crippen LogP contribution in [0, 0.1) is 5.82 Å². The minimum atomic E-state index is -0.569. The van der Waals surface area contributed by atoms with E-state index in [0.29, 0.717) is 18.4 Å². The topological polar surface area (TPSA) is 109 Å². The summed E-state index contributed by atoms with van der Waals surface area (Å²) < 4.78 is 19.9. The van der Waals surface area contributed by atoms with Crippen LogP contribution in [0.1, 0.15) is 59.2 Å². The lowest BCUT2D eigenvalue weighted by atomic mass is 9.90. The van der Waals surface area contributed by atoms with Crippen molar-refractivity contribution in [3.63, 3.8) is 0 Å². The Morgan fingerprint density at radius 2 is 1.66 bits per heavy atom. The zero-order valence-corrected chi connectivity index (χ0v) is 20.1. The quantitative estimate of drug-likeness (QED) is 0.478. The lowest BCUT2D eigenvalue weighted by Crippen LogP contribution is -2.44. The van der Waals surface area contributed by atoms with Gasteiger partial charge in [0.25, 0.3) is 11.8 Å². The number of carbonyl (C=O) groups excluding carboxylic acids is 2. The van der Waals surface area contributed by atoms with Crippen molar-refractivity contribution in [1.29, 1.82) is 0 Å². The predicted molar refractivity (Wildman–Crippen MR) is 132 cm³/mol. The smallest absolute Gasteiger partial charge is 0.257 e. The summed E-state index contributed by atoms with van der Waals surface area (Å²) in [5.41, 5.74) is 1.42. The number of nitrogens with zero attached hydrogens (tertiary/aromatic N) is 2. The van der Waals surface area contributed by atoms with E-state index in [1.807, 2.05) is 23.9 Å². The van der Waals surface area contributed by atoms with E-state index < -0.39 is 5.82 Å². The third kappa shape index (κ3) is 5.58. The molecule has 1 aliphatic carbocycles. The van der Waals surface area contributed by atoms with Crippen molar-refractivity contribution in [2.45, 2.75) is 56.7 Å². The number of H-pyrrole nitrogens is 1. The van der Waals surface area contributed by atoms with E-state index in [9.17, 15) is 14.0 Å². The summed E-state index contributed by atoms with van der Waals surface area (Å²) >= 11 is 1.88. The van der Waals surface area contributed by atoms with Gasteiger partial charge >= 0.3 is 0 Å². The maximum Gasteiger partial charge on any atom is 0.257 e. The Kier molecular flexibility index (Phi) is 7.17. The summed E-state index contributed by atoms with van der Waals surface area (Å²) in [7, 11) is 0. The van der Waals surface area contributed by atoms with E-state index in [0.717, 1.165) is 54.3 Å². The Balaban J connectivity index is 1.16. The molecule has 8 nitrogen and oxygen atoms in total. The second-order valence-corrected chi connectivity index (χ2v) is 10.3. The number of fused-ring (bicyclic) bond motifs is 1. The predicted octanol–water partition coefficient (Wildman–Crippen LogP) is 3.84. The minimum absolute atomic E-state index is 0.00702. The fourth-order valence-electron chi connectivity index (χ4n) is 4.70. The van der Waals surface area contributed by atoms with Crippen LogP contribution < -0.4 is 15.4 Å². The number of aromatic nitrogens is 3. The molecule has 3 heterocycles. The summed E-state index contributed by atoms with van der Waals surface area (Å²) in [6.45, 7) is 0. The molecule has 1 aromatic carbocycles. The van der Waals surface area contributed by atoms with Crippen LogP contribution in [0.15, 0.2) is 36.7 Å². The molecule has 0 atom stereocenters. The first-order chi connectivity index (χ1) is 17.1. The number of thioether (sulfide) groups is 1. The number of nitrogens with one attached hydrogen (secondary N) is 3. The molecule has 2 aliphatic rings. The maximum atomic E-state index is 13.9. The third-order valence-electron chi connectivity index (χ3n) is 6.63. The number of hydrogen-bond acceptors (Lipinski definition) is 6. The Labute approximate surface area is 206 Å². The van der Waals surface area contributed by atoms with E-state index in [4.69, 9.17) is 4.74 Å². The molecule has 1 aliphatic heterocycles. The largest absolute Gasteiger partial charge is 0.474 e. The zero-order chi connectivity index (χ0) is 24.2. The van der Waals surface area contributed by atoms with Crippen molar-refractivity contribution in [2.24, 2.45) is 0 Å². The molecule has 5 rings (SSSR count). The number of amides is 2. The molecular weight excluding hydrogens is 469 g/mol. The summed E-state index contributed by atoms with van der Waals surface area (Å²) in [4.78, 5) is 29.9. The fourth-order valence-corrected chi connectivity index (χ4v) is 5.76. The van der Waals surface area contributed by atoms with Gasteiger partial charge in [0.2, 0.25) is 5.88 Å². The Hall–Kier alpha value is -3.14. The summed E-state index contributed by atoms with van der Waals surface area (Å²) in [5, 5.41) is 13.9. The Bertz CT molecular complexity index is 1200. The average Bonchev–Trinajstić information content (AvgIpc) is 3.36. The van der Waals surface area contributed by atoms with Gasteiger partial charge in [0, 0.05) is 17.5 Å². The minimum Gasteiger partial charge on any atom is -0.474 e. The van der Waals surface area contributed by atoms with Gasteiger partial charge in [-0.2, -0.15) is 16.9 Å². The number of para-hydroxylation sites is 1. The maximum absolute atomic E-state index is 13.9. The highest BCUT2D eigenvalue weighted by atomic mass is 32.2. The van der Waals surface area contributed by atoms with E-state index in [-0.39, 0.29) is 41.4 Å². The number of pyridine rings is 1. The van der Waals surface area contributed by atoms with Gasteiger partial charge in [-0.25, -0.2) is 9.37 Å². The highest BCUT2D eigenvalue weighted by Crippen LogP contribution is 2.26. The van der Waals surface area contributed by atoms with Crippen molar-refractivity contribution in [3.05, 3.63) is 53.6 Å². The standard InChI is InChI=1S/C25H28FN5O3S/c26-16-12-21(25(27-14-16)34-19-8-10-35-11-9-19)24(33)30-18-6-4-17(5-7-18)29-23(32)20-3-1-2-15-13-28-31-22(15)20/h1-3,12-14,17-19H,4-11H2,(H,28,31)(H,29,32)(H,30,33). The van der Waals surface area contributed by atoms with Gasteiger partial charge in [-0.05, 0) is 62.2 Å². The van der Waals surface area contributed by atoms with Gasteiger partial charge in [-0.15, -0.1) is 0 Å². The summed E-state index contributed by atoms with van der Waals surface area (Å²) in [5.74, 6) is 1.11. The molecule has 0 bridgehead atoms. The molecule has 2 aromatic heterocycles. The van der Waals surface area contributed by atoms with Gasteiger partial charge in [0.05, 0.1) is 23.5 Å². The molecule has 35 heavy (non-hydrogen) atoms. The number of ether oxygens (including phenoxy) is 1. The van der Waals surface area contributed by atoms with Gasteiger partial charge in [0.1, 0.15) is 17.5 Å². The van der Waals surface area contributed by atoms with E-state index in [2.05, 4.69) is 25.8 Å². The van der Waals surface area contributed by atoms with Gasteiger partial charge in [-0.3, -0.25) is 14.7 Å². The van der Waals surface area contributed by atoms with Crippen LogP contribution >= 0.6 is 11.8 Å². The van der Waals surface area contributed by atoms with E-state index in [1.165, 1.54) is 6.07 Å². The van der Waals surface area contributed by atoms with Crippen molar-refractivity contribution < 1.29 is 18.7 Å². The number of aromatic amines is 1. The first-order valence-corrected chi connectivity index (χ1v) is 13.2. The Morgan fingerprint density at radius 1 is 0.971 bits per heavy atom. The molecule has 3 aromatic rings. The number of rotatable bonds is 6. The summed E-state index contributed by atoms with van der Waals surface area (Å²) in [6, 6.07) is 6.67. The number of carbonyl (C=O) groups is 2. The number of halogens is 1. The first-order valence-electron chi connectivity index (χ1n) is 12.0. The van der Waals surface area contributed by atoms with Crippen LogP contribution in [0.4, 0.5) is 4.39 Å². The van der Waals surface area contributed by atoms with E-state index in [1.54, 1.807) is 12.3 Å². The SMILES string of the molecule is O=C(NC1CCC(NC(=O)c2cccc3cn[nH]c23)CC1)c1cc(F)cnc1OC1CCSCC1. The van der Waals surface area contributed by atoms with Crippen LogP contribution in [0.5, 0.6) is 5.88 Å². The molecule has 1 saturated heterocycles. The van der Waals surface area contributed by atoms with Gasteiger partial charge in [0.15, 0.2) is 0 Å². The van der Waals surface area contributed by atoms with E-state index >= 15 is 0 Å². The van der Waals surface area contributed by atoms with Gasteiger partial charge in [-0.1, -0.05) is 12.1 Å². The monoisotopic (exact) mass is 497 g/mol. The van der Waals surface area contributed by atoms with Crippen molar-refractivity contribution >= 4 is 34.5 Å². The normalized spacial score (nSPS) is 20.9. The molecule has 10 heteroatoms. The van der Waals surface area contributed by atoms with Crippen LogP contribution in [0.3, 0.4) is 0 Å². The van der Waals surface area contributed by atoms with Crippen LogP contribution in [0.25, 0.3) is 10.9 Å². The number of benzene rings is 1. The van der Waals surface area contributed by atoms with Crippen molar-refractivity contribution in [1.82, 2.24) is 25.8 Å². The second-order valence-electron chi connectivity index (χ2n) is 9.07. The van der Waals surface area contributed by atoms with Gasteiger partial charge < -0.3 is 15.4 Å². The molecule has 3 N–H and O–H groups in total. The van der Waals surface area contributed by atoms with Crippen LogP contribution in [-0.4, -0.2) is 56.7 Å². The average molecular weight is 498 g/mol. The molecule has 0 unspecified atom stereocenters. The molecule has 0 radical (unpaired) electrons. The lowest BCUT2D eigenvalue weighted by molar-refractivity contribution is 0.0886. The van der Waals surface area contributed by atoms with Crippen LogP contribution in [0.2, 0.25) is 0 Å². The third-order valence-corrected chi connectivity index (χ3v) is 7.68. The highest BCUT2D eigenvalue weighted by Gasteiger charge is 2.27. The second kappa shape index (κ2) is 10.6.